The van der Waals surface area contributed by atoms with Crippen molar-refractivity contribution < 1.29 is 9.47 Å². The van der Waals surface area contributed by atoms with Crippen LogP contribution in [0.3, 0.4) is 0 Å². The minimum Gasteiger partial charge on any atom is -0.382 e. The van der Waals surface area contributed by atoms with Crippen LogP contribution in [0.4, 0.5) is 0 Å². The van der Waals surface area contributed by atoms with E-state index >= 15 is 0 Å². The third-order valence-electron chi connectivity index (χ3n) is 3.33. The van der Waals surface area contributed by atoms with E-state index in [-0.39, 0.29) is 6.10 Å². The summed E-state index contributed by atoms with van der Waals surface area (Å²) >= 11 is 0. The van der Waals surface area contributed by atoms with Crippen LogP contribution < -0.4 is 5.32 Å². The third-order valence-corrected chi connectivity index (χ3v) is 3.33. The van der Waals surface area contributed by atoms with Gasteiger partial charge in [-0.05, 0) is 45.4 Å². The predicted molar refractivity (Wildman–Crippen MR) is 65.8 cm³/mol. The molecule has 0 radical (unpaired) electrons. The molecule has 1 aliphatic rings. The molecule has 1 rings (SSSR count). The number of piperidine rings is 1. The number of nitrogens with zero attached hydrogens (tertiary/aromatic N) is 1. The summed E-state index contributed by atoms with van der Waals surface area (Å²) in [4.78, 5) is 2.40. The molecule has 96 valence electrons. The van der Waals surface area contributed by atoms with Crippen LogP contribution in [-0.2, 0) is 9.47 Å². The molecule has 4 nitrogen and oxygen atoms in total. The first kappa shape index (κ1) is 13.9. The van der Waals surface area contributed by atoms with Gasteiger partial charge in [-0.3, -0.25) is 0 Å². The molecule has 0 aromatic carbocycles. The summed E-state index contributed by atoms with van der Waals surface area (Å²) in [6.45, 7) is 5.13. The van der Waals surface area contributed by atoms with Crippen LogP contribution in [0.2, 0.25) is 0 Å². The minimum atomic E-state index is 0.177. The molecule has 1 atom stereocenters. The summed E-state index contributed by atoms with van der Waals surface area (Å²) in [6, 6.07) is 0. The zero-order chi connectivity index (χ0) is 11.8. The predicted octanol–water partition coefficient (Wildman–Crippen LogP) is 0.579. The summed E-state index contributed by atoms with van der Waals surface area (Å²) in [7, 11) is 5.65. The molecular formula is C12H26N2O2. The van der Waals surface area contributed by atoms with E-state index in [0.717, 1.165) is 19.0 Å². The molecule has 0 aliphatic carbocycles. The highest BCUT2D eigenvalue weighted by molar-refractivity contribution is 4.72. The average molecular weight is 230 g/mol. The maximum atomic E-state index is 5.30. The van der Waals surface area contributed by atoms with Crippen molar-refractivity contribution >= 4 is 0 Å². The maximum absolute atomic E-state index is 5.30. The van der Waals surface area contributed by atoms with E-state index in [1.54, 1.807) is 14.2 Å². The quantitative estimate of drug-likeness (QED) is 0.694. The van der Waals surface area contributed by atoms with E-state index in [2.05, 4.69) is 17.3 Å². The molecule has 1 N–H and O–H groups in total. The largest absolute Gasteiger partial charge is 0.382 e. The monoisotopic (exact) mass is 230 g/mol. The third kappa shape index (κ3) is 5.25. The van der Waals surface area contributed by atoms with Gasteiger partial charge in [0.15, 0.2) is 0 Å². The highest BCUT2D eigenvalue weighted by Crippen LogP contribution is 2.14. The topological polar surface area (TPSA) is 33.7 Å². The van der Waals surface area contributed by atoms with Crippen molar-refractivity contribution in [2.75, 3.05) is 54.1 Å². The lowest BCUT2D eigenvalue weighted by atomic mass is 9.97. The second kappa shape index (κ2) is 8.01. The van der Waals surface area contributed by atoms with E-state index in [4.69, 9.17) is 9.47 Å². The van der Waals surface area contributed by atoms with Gasteiger partial charge in [0.1, 0.15) is 0 Å². The highest BCUT2D eigenvalue weighted by atomic mass is 16.5. The van der Waals surface area contributed by atoms with Gasteiger partial charge in [-0.1, -0.05) is 0 Å². The second-order valence-electron chi connectivity index (χ2n) is 4.72. The van der Waals surface area contributed by atoms with Gasteiger partial charge in [0, 0.05) is 20.8 Å². The second-order valence-corrected chi connectivity index (χ2v) is 4.72. The molecule has 1 unspecified atom stereocenters. The zero-order valence-electron chi connectivity index (χ0n) is 10.9. The summed E-state index contributed by atoms with van der Waals surface area (Å²) in [5.74, 6) is 0.830. The minimum absolute atomic E-state index is 0.177. The van der Waals surface area contributed by atoms with Crippen molar-refractivity contribution in [1.29, 1.82) is 0 Å². The van der Waals surface area contributed by atoms with Crippen molar-refractivity contribution in [2.45, 2.75) is 18.9 Å². The maximum Gasteiger partial charge on any atom is 0.0928 e. The summed E-state index contributed by atoms with van der Waals surface area (Å²) in [5.41, 5.74) is 0. The van der Waals surface area contributed by atoms with Gasteiger partial charge in [-0.2, -0.15) is 0 Å². The Balaban J connectivity index is 2.05. The fraction of sp³-hybridized carbons (Fsp3) is 1.00. The van der Waals surface area contributed by atoms with E-state index < -0.39 is 0 Å². The fourth-order valence-corrected chi connectivity index (χ4v) is 2.11. The molecule has 1 heterocycles. The fourth-order valence-electron chi connectivity index (χ4n) is 2.11. The number of ether oxygens (including phenoxy) is 2. The van der Waals surface area contributed by atoms with E-state index in [9.17, 15) is 0 Å². The Morgan fingerprint density at radius 2 is 2.00 bits per heavy atom. The summed E-state index contributed by atoms with van der Waals surface area (Å²) in [6.07, 6.45) is 2.80. The van der Waals surface area contributed by atoms with Crippen LogP contribution >= 0.6 is 0 Å². The lowest BCUT2D eigenvalue weighted by Gasteiger charge is -2.29. The molecule has 1 saturated heterocycles. The molecule has 0 amide bonds. The molecule has 0 aromatic heterocycles. The van der Waals surface area contributed by atoms with Crippen LogP contribution in [0.1, 0.15) is 12.8 Å². The van der Waals surface area contributed by atoms with Crippen molar-refractivity contribution in [2.24, 2.45) is 5.92 Å². The Hall–Kier alpha value is -0.160. The van der Waals surface area contributed by atoms with Crippen molar-refractivity contribution in [3.63, 3.8) is 0 Å². The Kier molecular flexibility index (Phi) is 6.96. The van der Waals surface area contributed by atoms with Gasteiger partial charge in [0.25, 0.3) is 0 Å². The first-order valence-corrected chi connectivity index (χ1v) is 6.17. The molecule has 1 aliphatic heterocycles. The number of rotatable bonds is 7. The Labute approximate surface area is 99.3 Å². The highest BCUT2D eigenvalue weighted by Gasteiger charge is 2.16. The van der Waals surface area contributed by atoms with E-state index in [0.29, 0.717) is 6.61 Å². The Bertz CT molecular complexity index is 170. The molecule has 1 fully saturated rings. The average Bonchev–Trinajstić information content (AvgIpc) is 2.30. The number of hydrogen-bond donors (Lipinski definition) is 1. The molecule has 0 saturated carbocycles. The number of hydrogen-bond acceptors (Lipinski definition) is 4. The van der Waals surface area contributed by atoms with Gasteiger partial charge in [0.2, 0.25) is 0 Å². The molecule has 0 aromatic rings. The normalized spacial score (nSPS) is 21.2. The first-order chi connectivity index (χ1) is 7.76. The van der Waals surface area contributed by atoms with Crippen molar-refractivity contribution in [1.82, 2.24) is 10.2 Å². The van der Waals surface area contributed by atoms with Gasteiger partial charge in [-0.25, -0.2) is 0 Å². The summed E-state index contributed by atoms with van der Waals surface area (Å²) in [5, 5.41) is 3.48. The molecular weight excluding hydrogens is 204 g/mol. The number of methoxy groups -OCH3 is 2. The van der Waals surface area contributed by atoms with Crippen LogP contribution in [0.25, 0.3) is 0 Å². The van der Waals surface area contributed by atoms with Gasteiger partial charge in [0.05, 0.1) is 12.7 Å². The Morgan fingerprint density at radius 1 is 1.31 bits per heavy atom. The number of likely N-dealkylation sites (tertiary alicyclic amines) is 1. The van der Waals surface area contributed by atoms with Crippen molar-refractivity contribution in [3.8, 4) is 0 Å². The Morgan fingerprint density at radius 3 is 2.56 bits per heavy atom. The first-order valence-electron chi connectivity index (χ1n) is 6.17. The standard InChI is InChI=1S/C12H26N2O2/c1-14-6-4-11(5-7-14)8-13-9-12(16-3)10-15-2/h11-13H,4-10H2,1-3H3. The molecule has 4 heteroatoms. The lowest BCUT2D eigenvalue weighted by molar-refractivity contribution is 0.0281. The van der Waals surface area contributed by atoms with Gasteiger partial charge in [-0.15, -0.1) is 0 Å². The van der Waals surface area contributed by atoms with Crippen LogP contribution in [0, 0.1) is 5.92 Å². The number of nitrogens with one attached hydrogen (secondary N) is 1. The van der Waals surface area contributed by atoms with E-state index in [1.165, 1.54) is 25.9 Å². The van der Waals surface area contributed by atoms with Crippen LogP contribution in [0.15, 0.2) is 0 Å². The van der Waals surface area contributed by atoms with Crippen LogP contribution in [-0.4, -0.2) is 65.1 Å². The molecule has 16 heavy (non-hydrogen) atoms. The SMILES string of the molecule is COCC(CNCC1CCN(C)CC1)OC. The van der Waals surface area contributed by atoms with Crippen LogP contribution in [0.5, 0.6) is 0 Å². The van der Waals surface area contributed by atoms with Crippen molar-refractivity contribution in [3.05, 3.63) is 0 Å². The molecule has 0 spiro atoms. The van der Waals surface area contributed by atoms with E-state index in [1.807, 2.05) is 0 Å². The molecule has 0 bridgehead atoms. The smallest absolute Gasteiger partial charge is 0.0928 e. The zero-order valence-corrected chi connectivity index (χ0v) is 10.9. The van der Waals surface area contributed by atoms with Gasteiger partial charge < -0.3 is 19.7 Å². The summed E-state index contributed by atoms with van der Waals surface area (Å²) < 4.78 is 10.4. The van der Waals surface area contributed by atoms with Gasteiger partial charge >= 0.3 is 0 Å². The lowest BCUT2D eigenvalue weighted by Crippen LogP contribution is -2.38.